The number of alkyl halides is 8. The second-order valence-electron chi connectivity index (χ2n) is 20.9. The van der Waals surface area contributed by atoms with Crippen molar-refractivity contribution in [3.05, 3.63) is 101 Å². The van der Waals surface area contributed by atoms with Crippen molar-refractivity contribution in [3.63, 3.8) is 0 Å². The Hall–Kier alpha value is -7.67. The monoisotopic (exact) mass is 1150 g/mol. The average Bonchev–Trinajstić information content (AvgIpc) is 3.90. The Morgan fingerprint density at radius 3 is 1.77 bits per heavy atom. The van der Waals surface area contributed by atoms with Gasteiger partial charge in [-0.3, -0.25) is 19.8 Å². The molecule has 4 aromatic rings. The molecule has 3 unspecified atom stereocenters. The number of aromatic nitrogens is 3. The maximum Gasteiger partial charge on any atom is 0.407 e. The first-order valence-corrected chi connectivity index (χ1v) is 25.1. The number of hydrogen-bond donors (Lipinski definition) is 5. The summed E-state index contributed by atoms with van der Waals surface area (Å²) in [5.74, 6) is 1.32. The number of hydrogen-bond acceptors (Lipinski definition) is 12. The number of amides is 5. The van der Waals surface area contributed by atoms with Crippen molar-refractivity contribution in [2.75, 3.05) is 51.8 Å². The number of aliphatic hydroxyl groups is 1. The molecule has 2 aromatic heterocycles. The van der Waals surface area contributed by atoms with Crippen LogP contribution in [0.5, 0.6) is 0 Å². The summed E-state index contributed by atoms with van der Waals surface area (Å²) in [5, 5.41) is 21.9. The van der Waals surface area contributed by atoms with Gasteiger partial charge < -0.3 is 40.3 Å². The molecule has 2 aliphatic heterocycles. The molecule has 2 saturated heterocycles. The molecule has 6 rings (SSSR count). The highest BCUT2D eigenvalue weighted by Gasteiger charge is 2.57. The van der Waals surface area contributed by atoms with Crippen molar-refractivity contribution < 1.29 is 82.5 Å². The van der Waals surface area contributed by atoms with Crippen molar-refractivity contribution in [2.45, 2.75) is 97.1 Å². The topological polar surface area (TPSA) is 213 Å². The van der Waals surface area contributed by atoms with Gasteiger partial charge in [0.25, 0.3) is 5.91 Å². The lowest BCUT2D eigenvalue weighted by Gasteiger charge is -2.46. The number of aliphatic hydroxyl groups excluding tert-OH is 1. The van der Waals surface area contributed by atoms with E-state index in [0.29, 0.717) is 80.9 Å². The number of carbonyl (C=O) groups is 5. The molecule has 5 amide bonds. The third kappa shape index (κ3) is 15.4. The number of pyridine rings is 1. The van der Waals surface area contributed by atoms with Crippen molar-refractivity contribution >= 4 is 35.7 Å². The van der Waals surface area contributed by atoms with Gasteiger partial charge in [0.1, 0.15) is 29.5 Å². The highest BCUT2D eigenvalue weighted by atomic mass is 19.4. The second kappa shape index (κ2) is 25.4. The molecule has 5 N–H and O–H groups in total. The Morgan fingerprint density at radius 1 is 0.753 bits per heavy atom. The highest BCUT2D eigenvalue weighted by Crippen LogP contribution is 2.42. The van der Waals surface area contributed by atoms with Gasteiger partial charge in [-0.2, -0.15) is 40.2 Å². The largest absolute Gasteiger partial charge is 0.453 e. The lowest BCUT2D eigenvalue weighted by atomic mass is 9.82. The molecule has 2 fully saturated rings. The van der Waals surface area contributed by atoms with Gasteiger partial charge >= 0.3 is 31.1 Å². The van der Waals surface area contributed by atoms with Crippen molar-refractivity contribution in [1.82, 2.24) is 46.0 Å². The molecule has 28 heteroatoms. The van der Waals surface area contributed by atoms with Crippen molar-refractivity contribution in [1.29, 1.82) is 0 Å². The zero-order chi connectivity index (χ0) is 59.9. The fraction of sp³-hybridized carbons (Fsp3) is 0.491. The minimum atomic E-state index is -5.24. The number of nitrogens with one attached hydrogen (secondary N) is 4. The fourth-order valence-corrected chi connectivity index (χ4v) is 9.30. The fourth-order valence-electron chi connectivity index (χ4n) is 9.30. The lowest BCUT2D eigenvalue weighted by Crippen LogP contribution is -2.63. The molecule has 2 aromatic carbocycles. The average molecular weight is 1160 g/mol. The number of fused-ring (bicyclic) bond motifs is 2. The van der Waals surface area contributed by atoms with E-state index in [9.17, 15) is 64.2 Å². The zero-order valence-electron chi connectivity index (χ0n) is 44.8. The molecule has 2 bridgehead atoms. The first kappa shape index (κ1) is 62.5. The van der Waals surface area contributed by atoms with E-state index < -0.39 is 115 Å². The van der Waals surface area contributed by atoms with Crippen LogP contribution in [0.1, 0.15) is 69.8 Å². The Bertz CT molecular complexity index is 2930. The normalized spacial score (nSPS) is 17.3. The number of likely N-dealkylation sites (tertiary alicyclic amines) is 1. The van der Waals surface area contributed by atoms with E-state index in [0.717, 1.165) is 51.9 Å². The van der Waals surface area contributed by atoms with E-state index in [4.69, 9.17) is 0 Å². The van der Waals surface area contributed by atoms with E-state index in [-0.39, 0.29) is 27.3 Å². The molecule has 18 nitrogen and oxygen atoms in total. The smallest absolute Gasteiger partial charge is 0.407 e. The van der Waals surface area contributed by atoms with Crippen LogP contribution in [0.2, 0.25) is 0 Å². The van der Waals surface area contributed by atoms with Gasteiger partial charge in [-0.25, -0.2) is 33.0 Å². The standard InChI is InChI=1S/C53H60F10N10O8/c1-29(74)70-22-33-16-34(23-70)25-71(24-33)42-15-14-32(20-64-42)13-10-30-8-11-31(12-9-30)17-40(66-45(76)43(67-48(78)80-6)50(2,3)52(58,59)60)41(75)28-72(69-46(77)44(68-49(79)81-7)51(4,5)53(61,62)63)27-37-38(54)18-35(19-39(37)55)36-21-65-73(26-36)47(56)57/h8-9,11-12,14-15,18-21,26,33-34,40-41,43-44,47,75H,16-17,22-25,27-28H2,1-7H3,(H,66,76)(H,67,78)(H,68,79)(H,69,77)/t33?,34?,40?,41-,43+,44+/m0/s1. The van der Waals surface area contributed by atoms with Crippen LogP contribution in [0.25, 0.3) is 11.1 Å². The summed E-state index contributed by atoms with van der Waals surface area (Å²) < 4.78 is 155. The Morgan fingerprint density at radius 2 is 1.28 bits per heavy atom. The summed E-state index contributed by atoms with van der Waals surface area (Å²) in [4.78, 5) is 73.5. The maximum absolute atomic E-state index is 16.0. The Labute approximate surface area is 458 Å². The molecule has 0 spiro atoms. The van der Waals surface area contributed by atoms with E-state index in [1.165, 1.54) is 24.3 Å². The number of alkyl carbamates (subject to hydrolysis) is 2. The van der Waals surface area contributed by atoms with Crippen molar-refractivity contribution in [3.8, 4) is 23.0 Å². The third-order valence-corrected chi connectivity index (χ3v) is 14.3. The zero-order valence-corrected chi connectivity index (χ0v) is 44.8. The van der Waals surface area contributed by atoms with E-state index in [2.05, 4.69) is 41.6 Å². The van der Waals surface area contributed by atoms with Gasteiger partial charge in [0.05, 0.1) is 43.4 Å². The van der Waals surface area contributed by atoms with E-state index in [1.54, 1.807) is 24.5 Å². The SMILES string of the molecule is COC(=O)N[C@H](C(=O)NC(Cc1ccc(C#Cc2ccc(N3CC4CC(CN(C(C)=O)C4)C3)nc2)cc1)[C@@H](O)CN(Cc1c(F)cc(-c2cnn(C(F)F)c2)cc1F)NC(=O)[C@@H](NC(=O)OC)C(C)(C)C(F)(F)F)C(C)(C)C(F)(F)F. The maximum atomic E-state index is 16.0. The summed E-state index contributed by atoms with van der Waals surface area (Å²) in [5.41, 5.74) is -4.33. The molecule has 0 radical (unpaired) electrons. The number of hydrazine groups is 1. The lowest BCUT2D eigenvalue weighted by molar-refractivity contribution is -0.221. The molecule has 0 saturated carbocycles. The molecule has 81 heavy (non-hydrogen) atoms. The van der Waals surface area contributed by atoms with Gasteiger partial charge in [-0.05, 0) is 99.9 Å². The molecule has 440 valence electrons. The van der Waals surface area contributed by atoms with Gasteiger partial charge in [-0.1, -0.05) is 24.0 Å². The van der Waals surface area contributed by atoms with Gasteiger partial charge in [0.15, 0.2) is 0 Å². The number of nitrogens with zero attached hydrogens (tertiary/aromatic N) is 6. The molecule has 2 aliphatic rings. The van der Waals surface area contributed by atoms with Gasteiger partial charge in [-0.15, -0.1) is 0 Å². The Balaban J connectivity index is 1.32. The molecule has 0 aliphatic carbocycles. The number of methoxy groups -OCH3 is 2. The number of anilines is 1. The molecular formula is C53H60F10N10O8. The summed E-state index contributed by atoms with van der Waals surface area (Å²) in [6.45, 7) is 1.22. The van der Waals surface area contributed by atoms with Crippen LogP contribution in [0.15, 0.2) is 67.1 Å². The highest BCUT2D eigenvalue weighted by molar-refractivity contribution is 5.87. The van der Waals surface area contributed by atoms with Crippen LogP contribution < -0.4 is 26.3 Å². The summed E-state index contributed by atoms with van der Waals surface area (Å²) >= 11 is 0. The molecular weight excluding hydrogens is 1090 g/mol. The number of halogens is 10. The Kier molecular flexibility index (Phi) is 19.6. The van der Waals surface area contributed by atoms with Crippen LogP contribution in [0.3, 0.4) is 0 Å². The van der Waals surface area contributed by atoms with Crippen molar-refractivity contribution in [2.24, 2.45) is 22.7 Å². The minimum absolute atomic E-state index is 0.0488. The van der Waals surface area contributed by atoms with E-state index >= 15 is 8.78 Å². The van der Waals surface area contributed by atoms with Crippen LogP contribution in [-0.2, 0) is 36.8 Å². The quantitative estimate of drug-likeness (QED) is 0.0393. The number of benzene rings is 2. The summed E-state index contributed by atoms with van der Waals surface area (Å²) in [6.07, 6.45) is -11.8. The van der Waals surface area contributed by atoms with Crippen LogP contribution in [0, 0.1) is 46.1 Å². The van der Waals surface area contributed by atoms with E-state index in [1.807, 2.05) is 21.7 Å². The summed E-state index contributed by atoms with van der Waals surface area (Å²) in [7, 11) is 1.59. The minimum Gasteiger partial charge on any atom is -0.453 e. The number of rotatable bonds is 18. The predicted octanol–water partition coefficient (Wildman–Crippen LogP) is 6.87. The van der Waals surface area contributed by atoms with Crippen LogP contribution in [-0.4, -0.2) is 143 Å². The number of carbonyl (C=O) groups excluding carboxylic acids is 5. The first-order chi connectivity index (χ1) is 37.8. The number of ether oxygens (including phenoxy) is 2. The molecule has 4 heterocycles. The van der Waals surface area contributed by atoms with Crippen LogP contribution >= 0.6 is 0 Å². The van der Waals surface area contributed by atoms with Crippen LogP contribution in [0.4, 0.5) is 59.3 Å². The summed E-state index contributed by atoms with van der Waals surface area (Å²) in [6, 6.07) is 4.17. The third-order valence-electron chi connectivity index (χ3n) is 14.3. The first-order valence-electron chi connectivity index (χ1n) is 25.1. The predicted molar refractivity (Wildman–Crippen MR) is 270 cm³/mol. The second-order valence-corrected chi connectivity index (χ2v) is 20.9. The number of piperidine rings is 2. The molecule has 6 atom stereocenters. The van der Waals surface area contributed by atoms with Gasteiger partial charge in [0, 0.05) is 80.8 Å². The van der Waals surface area contributed by atoms with Gasteiger partial charge in [0.2, 0.25) is 11.8 Å².